The number of hydrogen-bond acceptors (Lipinski definition) is 3. The monoisotopic (exact) mass is 245 g/mol. The Morgan fingerprint density at radius 2 is 2.06 bits per heavy atom. The van der Waals surface area contributed by atoms with Gasteiger partial charge in [-0.2, -0.15) is 0 Å². The highest BCUT2D eigenvalue weighted by Crippen LogP contribution is 2.24. The van der Waals surface area contributed by atoms with Crippen LogP contribution in [0.2, 0.25) is 0 Å². The average molecular weight is 245 g/mol. The van der Waals surface area contributed by atoms with Gasteiger partial charge in [0.2, 0.25) is 0 Å². The number of rotatable bonds is 2. The first-order chi connectivity index (χ1) is 8.72. The smallest absolute Gasteiger partial charge is 0.0955 e. The van der Waals surface area contributed by atoms with E-state index < -0.39 is 0 Å². The summed E-state index contributed by atoms with van der Waals surface area (Å²) in [5, 5.41) is 13.0. The largest absolute Gasteiger partial charge is 0.393 e. The van der Waals surface area contributed by atoms with E-state index in [2.05, 4.69) is 28.5 Å². The quantitative estimate of drug-likeness (QED) is 0.853. The van der Waals surface area contributed by atoms with E-state index in [0.29, 0.717) is 6.04 Å². The third kappa shape index (κ3) is 2.20. The van der Waals surface area contributed by atoms with Crippen molar-refractivity contribution in [3.8, 4) is 0 Å². The van der Waals surface area contributed by atoms with Crippen LogP contribution in [0.25, 0.3) is 11.0 Å². The lowest BCUT2D eigenvalue weighted by Gasteiger charge is -2.27. The Labute approximate surface area is 107 Å². The molecule has 0 radical (unpaired) electrons. The number of nitrogens with zero attached hydrogens (tertiary/aromatic N) is 2. The highest BCUT2D eigenvalue weighted by atomic mass is 16.3. The first-order valence-corrected chi connectivity index (χ1v) is 6.58. The Morgan fingerprint density at radius 1 is 1.28 bits per heavy atom. The Kier molecular flexibility index (Phi) is 2.96. The van der Waals surface area contributed by atoms with Gasteiger partial charge in [0.05, 0.1) is 23.5 Å². The lowest BCUT2D eigenvalue weighted by molar-refractivity contribution is 0.126. The Morgan fingerprint density at radius 3 is 2.83 bits per heavy atom. The second kappa shape index (κ2) is 4.61. The van der Waals surface area contributed by atoms with Crippen LogP contribution in [0.15, 0.2) is 24.5 Å². The second-order valence-corrected chi connectivity index (χ2v) is 5.21. The van der Waals surface area contributed by atoms with Crippen molar-refractivity contribution in [1.29, 1.82) is 0 Å². The lowest BCUT2D eigenvalue weighted by atomic mass is 9.93. The van der Waals surface area contributed by atoms with Crippen molar-refractivity contribution < 1.29 is 5.11 Å². The summed E-state index contributed by atoms with van der Waals surface area (Å²) in [5.41, 5.74) is 3.31. The maximum atomic E-state index is 9.50. The number of aromatic nitrogens is 2. The van der Waals surface area contributed by atoms with Crippen molar-refractivity contribution in [1.82, 2.24) is 9.55 Å². The van der Waals surface area contributed by atoms with Gasteiger partial charge in [-0.1, -0.05) is 0 Å². The topological polar surface area (TPSA) is 50.1 Å². The molecular weight excluding hydrogens is 226 g/mol. The van der Waals surface area contributed by atoms with Crippen LogP contribution in [0, 0.1) is 0 Å². The fraction of sp³-hybridized carbons (Fsp3) is 0.500. The third-order valence-corrected chi connectivity index (χ3v) is 3.79. The summed E-state index contributed by atoms with van der Waals surface area (Å²) in [6, 6.07) is 6.78. The summed E-state index contributed by atoms with van der Waals surface area (Å²) in [6.45, 7) is 0. The van der Waals surface area contributed by atoms with Gasteiger partial charge in [0.1, 0.15) is 0 Å². The second-order valence-electron chi connectivity index (χ2n) is 5.21. The Bertz CT molecular complexity index is 541. The first kappa shape index (κ1) is 11.5. The molecule has 1 aromatic heterocycles. The van der Waals surface area contributed by atoms with E-state index >= 15 is 0 Å². The van der Waals surface area contributed by atoms with Crippen LogP contribution in [0.4, 0.5) is 5.69 Å². The minimum Gasteiger partial charge on any atom is -0.393 e. The summed E-state index contributed by atoms with van der Waals surface area (Å²) >= 11 is 0. The van der Waals surface area contributed by atoms with E-state index in [1.165, 1.54) is 0 Å². The van der Waals surface area contributed by atoms with Crippen LogP contribution in [0.3, 0.4) is 0 Å². The lowest BCUT2D eigenvalue weighted by Crippen LogP contribution is -2.28. The van der Waals surface area contributed by atoms with Gasteiger partial charge >= 0.3 is 0 Å². The molecule has 18 heavy (non-hydrogen) atoms. The van der Waals surface area contributed by atoms with E-state index in [1.807, 2.05) is 17.9 Å². The molecule has 0 unspecified atom stereocenters. The van der Waals surface area contributed by atoms with Crippen LogP contribution < -0.4 is 5.32 Å². The summed E-state index contributed by atoms with van der Waals surface area (Å²) in [7, 11) is 2.00. The zero-order valence-corrected chi connectivity index (χ0v) is 10.6. The van der Waals surface area contributed by atoms with Crippen molar-refractivity contribution in [2.24, 2.45) is 7.05 Å². The van der Waals surface area contributed by atoms with Gasteiger partial charge in [-0.3, -0.25) is 0 Å². The molecule has 3 rings (SSSR count). The van der Waals surface area contributed by atoms with Crippen molar-refractivity contribution in [2.45, 2.75) is 37.8 Å². The number of aliphatic hydroxyl groups is 1. The molecule has 1 heterocycles. The van der Waals surface area contributed by atoms with Crippen molar-refractivity contribution in [2.75, 3.05) is 5.32 Å². The predicted molar refractivity (Wildman–Crippen MR) is 72.6 cm³/mol. The van der Waals surface area contributed by atoms with E-state index in [0.717, 1.165) is 42.4 Å². The molecule has 1 fully saturated rings. The van der Waals surface area contributed by atoms with Gasteiger partial charge in [-0.15, -0.1) is 0 Å². The Hall–Kier alpha value is -1.55. The van der Waals surface area contributed by atoms with Crippen LogP contribution in [-0.2, 0) is 7.05 Å². The van der Waals surface area contributed by atoms with Gasteiger partial charge in [-0.05, 0) is 43.9 Å². The third-order valence-electron chi connectivity index (χ3n) is 3.79. The number of benzene rings is 1. The molecule has 1 aromatic carbocycles. The van der Waals surface area contributed by atoms with E-state index in [9.17, 15) is 5.11 Å². The van der Waals surface area contributed by atoms with Gasteiger partial charge in [0.25, 0.3) is 0 Å². The minimum absolute atomic E-state index is 0.0960. The molecule has 4 heteroatoms. The number of aliphatic hydroxyl groups excluding tert-OH is 1. The molecule has 4 nitrogen and oxygen atoms in total. The molecule has 1 aliphatic rings. The molecule has 1 saturated carbocycles. The molecule has 0 saturated heterocycles. The van der Waals surface area contributed by atoms with Crippen molar-refractivity contribution in [3.63, 3.8) is 0 Å². The van der Waals surface area contributed by atoms with Crippen LogP contribution in [-0.4, -0.2) is 26.8 Å². The zero-order chi connectivity index (χ0) is 12.5. The maximum absolute atomic E-state index is 9.50. The number of fused-ring (bicyclic) bond motifs is 1. The maximum Gasteiger partial charge on any atom is 0.0955 e. The number of aryl methyl sites for hydroxylation is 1. The van der Waals surface area contributed by atoms with Gasteiger partial charge in [0, 0.05) is 18.8 Å². The number of anilines is 1. The van der Waals surface area contributed by atoms with Crippen LogP contribution in [0.1, 0.15) is 25.7 Å². The SMILES string of the molecule is Cn1cnc2cc(NC3CCC(O)CC3)ccc21. The van der Waals surface area contributed by atoms with E-state index in [-0.39, 0.29) is 6.10 Å². The highest BCUT2D eigenvalue weighted by Gasteiger charge is 2.19. The zero-order valence-electron chi connectivity index (χ0n) is 10.6. The molecule has 0 aliphatic heterocycles. The molecule has 0 amide bonds. The van der Waals surface area contributed by atoms with Gasteiger partial charge in [-0.25, -0.2) is 4.98 Å². The summed E-state index contributed by atoms with van der Waals surface area (Å²) < 4.78 is 2.02. The first-order valence-electron chi connectivity index (χ1n) is 6.58. The Balaban J connectivity index is 1.74. The van der Waals surface area contributed by atoms with Crippen molar-refractivity contribution >= 4 is 16.7 Å². The van der Waals surface area contributed by atoms with Crippen LogP contribution >= 0.6 is 0 Å². The fourth-order valence-corrected chi connectivity index (χ4v) is 2.68. The molecular formula is C14H19N3O. The normalized spacial score (nSPS) is 24.3. The van der Waals surface area contributed by atoms with Crippen LogP contribution in [0.5, 0.6) is 0 Å². The predicted octanol–water partition coefficient (Wildman–Crippen LogP) is 2.29. The number of hydrogen-bond donors (Lipinski definition) is 2. The number of nitrogens with one attached hydrogen (secondary N) is 1. The summed E-state index contributed by atoms with van der Waals surface area (Å²) in [5.74, 6) is 0. The molecule has 0 bridgehead atoms. The summed E-state index contributed by atoms with van der Waals surface area (Å²) in [6.07, 6.45) is 5.64. The van der Waals surface area contributed by atoms with Gasteiger partial charge < -0.3 is 15.0 Å². The molecule has 0 spiro atoms. The molecule has 2 aromatic rings. The number of imidazole rings is 1. The molecule has 2 N–H and O–H groups in total. The van der Waals surface area contributed by atoms with E-state index in [4.69, 9.17) is 0 Å². The molecule has 96 valence electrons. The fourth-order valence-electron chi connectivity index (χ4n) is 2.68. The minimum atomic E-state index is -0.0960. The average Bonchev–Trinajstić information content (AvgIpc) is 2.74. The molecule has 0 atom stereocenters. The van der Waals surface area contributed by atoms with E-state index in [1.54, 1.807) is 0 Å². The van der Waals surface area contributed by atoms with Gasteiger partial charge in [0.15, 0.2) is 0 Å². The molecule has 1 aliphatic carbocycles. The van der Waals surface area contributed by atoms with Crippen molar-refractivity contribution in [3.05, 3.63) is 24.5 Å². The highest BCUT2D eigenvalue weighted by molar-refractivity contribution is 5.79. The summed E-state index contributed by atoms with van der Waals surface area (Å²) in [4.78, 5) is 4.37. The standard InChI is InChI=1S/C14H19N3O/c1-17-9-15-13-8-11(4-7-14(13)17)16-10-2-5-12(18)6-3-10/h4,7-10,12,16,18H,2-3,5-6H2,1H3.